The Labute approximate surface area is 90.7 Å². The highest BCUT2D eigenvalue weighted by atomic mass is 14.6. The van der Waals surface area contributed by atoms with Gasteiger partial charge in [-0.15, -0.1) is 0 Å². The smallest absolute Gasteiger partial charge is 0.0991 e. The van der Waals surface area contributed by atoms with E-state index < -0.39 is 0 Å². The molecule has 2 aliphatic rings. The summed E-state index contributed by atoms with van der Waals surface area (Å²) in [5.74, 6) is 0.917. The van der Waals surface area contributed by atoms with Crippen LogP contribution in [-0.2, 0) is 5.41 Å². The summed E-state index contributed by atoms with van der Waals surface area (Å²) in [6.07, 6.45) is 6.88. The molecule has 15 heavy (non-hydrogen) atoms. The third-order valence-electron chi connectivity index (χ3n) is 4.22. The molecule has 76 valence electrons. The molecule has 0 radical (unpaired) electrons. The SMILES string of the molecule is N#Cc1cccc([C@]23CCCCC2C3)c1. The van der Waals surface area contributed by atoms with Crippen LogP contribution in [0.25, 0.3) is 0 Å². The summed E-state index contributed by atoms with van der Waals surface area (Å²) in [7, 11) is 0. The van der Waals surface area contributed by atoms with E-state index in [9.17, 15) is 0 Å². The molecule has 1 aromatic rings. The van der Waals surface area contributed by atoms with Crippen molar-refractivity contribution in [3.8, 4) is 6.07 Å². The molecule has 0 aromatic heterocycles. The van der Waals surface area contributed by atoms with Crippen LogP contribution in [0.3, 0.4) is 0 Å². The Morgan fingerprint density at radius 1 is 1.33 bits per heavy atom. The minimum Gasteiger partial charge on any atom is -0.192 e. The minimum atomic E-state index is 0.477. The Kier molecular flexibility index (Phi) is 1.85. The fourth-order valence-corrected chi connectivity index (χ4v) is 3.29. The van der Waals surface area contributed by atoms with Crippen molar-refractivity contribution in [1.82, 2.24) is 0 Å². The molecule has 2 aliphatic carbocycles. The van der Waals surface area contributed by atoms with Crippen LogP contribution in [0.5, 0.6) is 0 Å². The van der Waals surface area contributed by atoms with Crippen LogP contribution in [0.1, 0.15) is 43.2 Å². The van der Waals surface area contributed by atoms with Gasteiger partial charge in [0.05, 0.1) is 11.6 Å². The van der Waals surface area contributed by atoms with Crippen molar-refractivity contribution in [2.45, 2.75) is 37.5 Å². The average Bonchev–Trinajstić information content (AvgIpc) is 3.05. The van der Waals surface area contributed by atoms with Gasteiger partial charge in [0.2, 0.25) is 0 Å². The summed E-state index contributed by atoms with van der Waals surface area (Å²) in [6, 6.07) is 10.5. The highest BCUT2D eigenvalue weighted by Crippen LogP contribution is 2.62. The van der Waals surface area contributed by atoms with E-state index in [1.807, 2.05) is 12.1 Å². The first kappa shape index (κ1) is 8.97. The van der Waals surface area contributed by atoms with Gasteiger partial charge in [-0.2, -0.15) is 5.26 Å². The summed E-state index contributed by atoms with van der Waals surface area (Å²) < 4.78 is 0. The van der Waals surface area contributed by atoms with E-state index in [1.165, 1.54) is 37.7 Å². The van der Waals surface area contributed by atoms with Crippen LogP contribution in [-0.4, -0.2) is 0 Å². The first-order chi connectivity index (χ1) is 7.35. The topological polar surface area (TPSA) is 23.8 Å². The molecule has 0 amide bonds. The number of rotatable bonds is 1. The van der Waals surface area contributed by atoms with E-state index in [-0.39, 0.29) is 0 Å². The molecular formula is C14H15N. The number of hydrogen-bond acceptors (Lipinski definition) is 1. The van der Waals surface area contributed by atoms with Crippen LogP contribution in [0.15, 0.2) is 24.3 Å². The molecule has 0 spiro atoms. The van der Waals surface area contributed by atoms with Crippen LogP contribution in [0.2, 0.25) is 0 Å². The fraction of sp³-hybridized carbons (Fsp3) is 0.500. The summed E-state index contributed by atoms with van der Waals surface area (Å²) in [5, 5.41) is 8.91. The van der Waals surface area contributed by atoms with Crippen LogP contribution in [0, 0.1) is 17.2 Å². The molecule has 0 N–H and O–H groups in total. The van der Waals surface area contributed by atoms with Crippen LogP contribution >= 0.6 is 0 Å². The highest BCUT2D eigenvalue weighted by molar-refractivity contribution is 5.41. The number of nitriles is 1. The van der Waals surface area contributed by atoms with Gasteiger partial charge in [0.25, 0.3) is 0 Å². The third kappa shape index (κ3) is 1.28. The summed E-state index contributed by atoms with van der Waals surface area (Å²) in [5.41, 5.74) is 2.72. The molecule has 2 fully saturated rings. The van der Waals surface area contributed by atoms with Crippen molar-refractivity contribution in [3.63, 3.8) is 0 Å². The van der Waals surface area contributed by atoms with Crippen LogP contribution in [0.4, 0.5) is 0 Å². The van der Waals surface area contributed by atoms with E-state index in [4.69, 9.17) is 5.26 Å². The molecule has 1 aromatic carbocycles. The van der Waals surface area contributed by atoms with E-state index in [0.29, 0.717) is 5.41 Å². The molecular weight excluding hydrogens is 182 g/mol. The first-order valence-corrected chi connectivity index (χ1v) is 5.86. The van der Waals surface area contributed by atoms with Crippen molar-refractivity contribution in [2.24, 2.45) is 5.92 Å². The number of fused-ring (bicyclic) bond motifs is 1. The zero-order chi connectivity index (χ0) is 10.3. The Balaban J connectivity index is 1.96. The van der Waals surface area contributed by atoms with Crippen molar-refractivity contribution < 1.29 is 0 Å². The van der Waals surface area contributed by atoms with Gasteiger partial charge in [-0.3, -0.25) is 0 Å². The van der Waals surface area contributed by atoms with Gasteiger partial charge < -0.3 is 0 Å². The minimum absolute atomic E-state index is 0.477. The quantitative estimate of drug-likeness (QED) is 0.677. The molecule has 1 nitrogen and oxygen atoms in total. The Hall–Kier alpha value is -1.29. The van der Waals surface area contributed by atoms with Crippen molar-refractivity contribution in [1.29, 1.82) is 5.26 Å². The lowest BCUT2D eigenvalue weighted by molar-refractivity contribution is 0.428. The van der Waals surface area contributed by atoms with Gasteiger partial charge in [0.1, 0.15) is 0 Å². The lowest BCUT2D eigenvalue weighted by atomic mass is 9.82. The number of benzene rings is 1. The molecule has 2 atom stereocenters. The Bertz CT molecular complexity index is 429. The van der Waals surface area contributed by atoms with Gasteiger partial charge in [0.15, 0.2) is 0 Å². The zero-order valence-electron chi connectivity index (χ0n) is 8.87. The van der Waals surface area contributed by atoms with E-state index in [1.54, 1.807) is 0 Å². The highest BCUT2D eigenvalue weighted by Gasteiger charge is 2.55. The summed E-state index contributed by atoms with van der Waals surface area (Å²) >= 11 is 0. The monoisotopic (exact) mass is 197 g/mol. The Morgan fingerprint density at radius 3 is 3.07 bits per heavy atom. The largest absolute Gasteiger partial charge is 0.192 e. The van der Waals surface area contributed by atoms with Gasteiger partial charge in [-0.05, 0) is 48.3 Å². The normalized spacial score (nSPS) is 32.9. The molecule has 0 aliphatic heterocycles. The van der Waals surface area contributed by atoms with Crippen molar-refractivity contribution in [3.05, 3.63) is 35.4 Å². The molecule has 0 heterocycles. The maximum Gasteiger partial charge on any atom is 0.0991 e. The number of hydrogen-bond donors (Lipinski definition) is 0. The third-order valence-corrected chi connectivity index (χ3v) is 4.22. The predicted molar refractivity (Wildman–Crippen MR) is 59.4 cm³/mol. The standard InChI is InChI=1S/C14H15N/c15-10-11-4-3-6-12(8-11)14-7-2-1-5-13(14)9-14/h3-4,6,8,13H,1-2,5,7,9H2/t13?,14-/m1/s1. The lowest BCUT2D eigenvalue weighted by Gasteiger charge is -2.22. The van der Waals surface area contributed by atoms with Crippen molar-refractivity contribution in [2.75, 3.05) is 0 Å². The molecule has 1 unspecified atom stereocenters. The second-order valence-electron chi connectivity index (χ2n) is 5.00. The average molecular weight is 197 g/mol. The molecule has 1 heteroatoms. The van der Waals surface area contributed by atoms with E-state index >= 15 is 0 Å². The summed E-state index contributed by atoms with van der Waals surface area (Å²) in [4.78, 5) is 0. The van der Waals surface area contributed by atoms with E-state index in [2.05, 4.69) is 18.2 Å². The second kappa shape index (κ2) is 3.10. The molecule has 3 rings (SSSR count). The zero-order valence-corrected chi connectivity index (χ0v) is 8.87. The van der Waals surface area contributed by atoms with Gasteiger partial charge >= 0.3 is 0 Å². The molecule has 0 bridgehead atoms. The van der Waals surface area contributed by atoms with Gasteiger partial charge in [-0.25, -0.2) is 0 Å². The Morgan fingerprint density at radius 2 is 2.27 bits per heavy atom. The van der Waals surface area contributed by atoms with Gasteiger partial charge in [-0.1, -0.05) is 25.0 Å². The first-order valence-electron chi connectivity index (χ1n) is 5.86. The van der Waals surface area contributed by atoms with E-state index in [0.717, 1.165) is 11.5 Å². The maximum absolute atomic E-state index is 8.91. The summed E-state index contributed by atoms with van der Waals surface area (Å²) in [6.45, 7) is 0. The maximum atomic E-state index is 8.91. The lowest BCUT2D eigenvalue weighted by Crippen LogP contribution is -2.14. The van der Waals surface area contributed by atoms with Gasteiger partial charge in [0, 0.05) is 0 Å². The fourth-order valence-electron chi connectivity index (χ4n) is 3.29. The van der Waals surface area contributed by atoms with Crippen LogP contribution < -0.4 is 0 Å². The number of nitrogens with zero attached hydrogens (tertiary/aromatic N) is 1. The van der Waals surface area contributed by atoms with Crippen molar-refractivity contribution >= 4 is 0 Å². The second-order valence-corrected chi connectivity index (χ2v) is 5.00. The predicted octanol–water partition coefficient (Wildman–Crippen LogP) is 3.39. The molecule has 0 saturated heterocycles. The molecule has 2 saturated carbocycles.